The molecule has 0 amide bonds. The van der Waals surface area contributed by atoms with Gasteiger partial charge in [-0.25, -0.2) is 0 Å². The molecule has 122 valence electrons. The summed E-state index contributed by atoms with van der Waals surface area (Å²) in [5, 5.41) is 9.36. The van der Waals surface area contributed by atoms with Crippen molar-refractivity contribution >= 4 is 0 Å². The molecule has 0 heterocycles. The summed E-state index contributed by atoms with van der Waals surface area (Å²) in [6.45, 7) is 5.71. The molecule has 0 radical (unpaired) electrons. The van der Waals surface area contributed by atoms with E-state index in [1.165, 1.54) is 0 Å². The molecule has 1 nitrogen and oxygen atoms in total. The minimum Gasteiger partial charge on any atom is -0.374 e. The average molecular weight is 316 g/mol. The summed E-state index contributed by atoms with van der Waals surface area (Å²) in [6, 6.07) is 0. The maximum atomic E-state index is 12.8. The number of alkyl halides is 6. The van der Waals surface area contributed by atoms with Gasteiger partial charge in [0.25, 0.3) is 5.60 Å². The Balaban J connectivity index is 1.84. The van der Waals surface area contributed by atoms with Crippen LogP contribution in [0.15, 0.2) is 0 Å². The van der Waals surface area contributed by atoms with E-state index in [0.717, 1.165) is 0 Å². The van der Waals surface area contributed by atoms with Crippen LogP contribution < -0.4 is 0 Å². The molecule has 3 aliphatic rings. The topological polar surface area (TPSA) is 20.2 Å². The van der Waals surface area contributed by atoms with E-state index in [1.54, 1.807) is 6.92 Å². The first-order chi connectivity index (χ1) is 9.25. The van der Waals surface area contributed by atoms with E-state index in [0.29, 0.717) is 18.3 Å². The lowest BCUT2D eigenvalue weighted by molar-refractivity contribution is -0.382. The number of hydrogen-bond acceptors (Lipinski definition) is 1. The molecule has 7 heteroatoms. The normalized spacial score (nSPS) is 48.9. The summed E-state index contributed by atoms with van der Waals surface area (Å²) in [5.41, 5.74) is -5.16. The van der Waals surface area contributed by atoms with Crippen molar-refractivity contribution in [3.63, 3.8) is 0 Å². The lowest BCUT2D eigenvalue weighted by Crippen LogP contribution is -2.66. The zero-order valence-electron chi connectivity index (χ0n) is 11.9. The van der Waals surface area contributed by atoms with E-state index < -0.39 is 35.7 Å². The molecular formula is C14H18F6O. The molecule has 0 bridgehead atoms. The van der Waals surface area contributed by atoms with Gasteiger partial charge in [-0.2, -0.15) is 26.3 Å². The third-order valence-corrected chi connectivity index (χ3v) is 7.24. The van der Waals surface area contributed by atoms with Crippen molar-refractivity contribution in [3.05, 3.63) is 0 Å². The summed E-state index contributed by atoms with van der Waals surface area (Å²) in [7, 11) is 0. The van der Waals surface area contributed by atoms with Crippen molar-refractivity contribution in [2.45, 2.75) is 51.6 Å². The van der Waals surface area contributed by atoms with Crippen LogP contribution in [0.3, 0.4) is 0 Å². The second-order valence-electron chi connectivity index (χ2n) is 7.39. The van der Waals surface area contributed by atoms with Gasteiger partial charge in [-0.1, -0.05) is 20.8 Å². The van der Waals surface area contributed by atoms with Gasteiger partial charge in [0.05, 0.1) is 0 Å². The van der Waals surface area contributed by atoms with E-state index in [2.05, 4.69) is 0 Å². The van der Waals surface area contributed by atoms with E-state index in [9.17, 15) is 31.4 Å². The molecule has 0 aromatic heterocycles. The molecule has 0 aromatic carbocycles. The van der Waals surface area contributed by atoms with Crippen LogP contribution in [0.2, 0.25) is 0 Å². The first-order valence-corrected chi connectivity index (χ1v) is 7.11. The maximum Gasteiger partial charge on any atom is 0.426 e. The zero-order valence-corrected chi connectivity index (χ0v) is 11.9. The molecule has 3 rings (SSSR count). The van der Waals surface area contributed by atoms with Gasteiger partial charge in [-0.15, -0.1) is 0 Å². The predicted molar refractivity (Wildman–Crippen MR) is 62.1 cm³/mol. The van der Waals surface area contributed by atoms with E-state index in [-0.39, 0.29) is 11.3 Å². The predicted octanol–water partition coefficient (Wildman–Crippen LogP) is 4.16. The highest BCUT2D eigenvalue weighted by atomic mass is 19.4. The molecule has 1 N–H and O–H groups in total. The largest absolute Gasteiger partial charge is 0.426 e. The van der Waals surface area contributed by atoms with Gasteiger partial charge in [0, 0.05) is 0 Å². The highest BCUT2D eigenvalue weighted by molar-refractivity contribution is 5.36. The van der Waals surface area contributed by atoms with Crippen molar-refractivity contribution in [2.75, 3.05) is 0 Å². The van der Waals surface area contributed by atoms with E-state index in [4.69, 9.17) is 0 Å². The molecule has 6 unspecified atom stereocenters. The Kier molecular flexibility index (Phi) is 2.60. The summed E-state index contributed by atoms with van der Waals surface area (Å²) >= 11 is 0. The van der Waals surface area contributed by atoms with Crippen molar-refractivity contribution < 1.29 is 31.4 Å². The van der Waals surface area contributed by atoms with Crippen LogP contribution in [0.4, 0.5) is 26.3 Å². The Labute approximate surface area is 118 Å². The van der Waals surface area contributed by atoms with Gasteiger partial charge in [0.2, 0.25) is 0 Å². The first-order valence-electron chi connectivity index (χ1n) is 7.11. The number of halogens is 6. The van der Waals surface area contributed by atoms with Crippen molar-refractivity contribution in [2.24, 2.45) is 34.5 Å². The fourth-order valence-corrected chi connectivity index (χ4v) is 5.91. The lowest BCUT2D eigenvalue weighted by Gasteiger charge is -2.68. The second kappa shape index (κ2) is 3.54. The molecule has 0 aliphatic heterocycles. The molecule has 1 spiro atoms. The standard InChI is InChI=1S/C14H18F6O/c1-6-9-7(2)11(9)4-8(10(6,11)3)5-12(21,13(15,16)17)14(18,19)20/h6-9,21H,4-5H2,1-3H3. The Morgan fingerprint density at radius 1 is 1.00 bits per heavy atom. The highest BCUT2D eigenvalue weighted by Crippen LogP contribution is 2.94. The summed E-state index contributed by atoms with van der Waals surface area (Å²) in [4.78, 5) is 0. The SMILES string of the molecule is CC1C2C(C)C23CC(CC(O)(C(F)(F)F)C(F)(F)F)C13C. The molecule has 3 aliphatic carbocycles. The molecule has 21 heavy (non-hydrogen) atoms. The molecule has 6 atom stereocenters. The average Bonchev–Trinajstić information content (AvgIpc) is 2.90. The quantitative estimate of drug-likeness (QED) is 0.759. The molecule has 3 fully saturated rings. The molecule has 0 saturated heterocycles. The fraction of sp³-hybridized carbons (Fsp3) is 1.00. The Morgan fingerprint density at radius 3 is 1.81 bits per heavy atom. The van der Waals surface area contributed by atoms with E-state index >= 15 is 0 Å². The Hall–Kier alpha value is -0.460. The van der Waals surface area contributed by atoms with Gasteiger partial charge in [-0.05, 0) is 47.3 Å². The summed E-state index contributed by atoms with van der Waals surface area (Å²) in [5.74, 6) is 0.196. The lowest BCUT2D eigenvalue weighted by atomic mass is 9.36. The Morgan fingerprint density at radius 2 is 1.48 bits per heavy atom. The third-order valence-electron chi connectivity index (χ3n) is 7.24. The van der Waals surface area contributed by atoms with Crippen LogP contribution in [0.1, 0.15) is 33.6 Å². The monoisotopic (exact) mass is 316 g/mol. The van der Waals surface area contributed by atoms with Gasteiger partial charge in [-0.3, -0.25) is 0 Å². The molecule has 0 aromatic rings. The minimum atomic E-state index is -5.70. The van der Waals surface area contributed by atoms with Gasteiger partial charge < -0.3 is 5.11 Å². The summed E-state index contributed by atoms with van der Waals surface area (Å²) < 4.78 is 76.8. The number of rotatable bonds is 2. The van der Waals surface area contributed by atoms with Gasteiger partial charge >= 0.3 is 12.4 Å². The van der Waals surface area contributed by atoms with Gasteiger partial charge in [0.1, 0.15) is 0 Å². The smallest absolute Gasteiger partial charge is 0.374 e. The van der Waals surface area contributed by atoms with Crippen LogP contribution in [0.5, 0.6) is 0 Å². The van der Waals surface area contributed by atoms with Crippen molar-refractivity contribution in [1.29, 1.82) is 0 Å². The van der Waals surface area contributed by atoms with Crippen LogP contribution in [-0.4, -0.2) is 23.1 Å². The maximum absolute atomic E-state index is 12.8. The molecular weight excluding hydrogens is 298 g/mol. The third kappa shape index (κ3) is 1.36. The van der Waals surface area contributed by atoms with Crippen LogP contribution in [0.25, 0.3) is 0 Å². The fourth-order valence-electron chi connectivity index (χ4n) is 5.91. The molecule has 3 saturated carbocycles. The van der Waals surface area contributed by atoms with Crippen LogP contribution >= 0.6 is 0 Å². The highest BCUT2D eigenvalue weighted by Gasteiger charge is 2.90. The Bertz CT molecular complexity index is 469. The van der Waals surface area contributed by atoms with Crippen LogP contribution in [0, 0.1) is 34.5 Å². The zero-order chi connectivity index (χ0) is 16.2. The first kappa shape index (κ1) is 15.4. The minimum absolute atomic E-state index is 0.0603. The van der Waals surface area contributed by atoms with Gasteiger partial charge in [0.15, 0.2) is 0 Å². The summed E-state index contributed by atoms with van der Waals surface area (Å²) in [6.07, 6.45) is -12.3. The van der Waals surface area contributed by atoms with Crippen molar-refractivity contribution in [1.82, 2.24) is 0 Å². The number of hydrogen-bond donors (Lipinski definition) is 1. The number of aliphatic hydroxyl groups is 1. The second-order valence-corrected chi connectivity index (χ2v) is 7.39. The van der Waals surface area contributed by atoms with Crippen LogP contribution in [-0.2, 0) is 0 Å². The van der Waals surface area contributed by atoms with Crippen molar-refractivity contribution in [3.8, 4) is 0 Å². The van der Waals surface area contributed by atoms with E-state index in [1.807, 2.05) is 13.8 Å².